The minimum absolute atomic E-state index is 0.191. The van der Waals surface area contributed by atoms with Gasteiger partial charge in [0.05, 0.1) is 12.1 Å². The molecule has 0 saturated heterocycles. The molecule has 4 heteroatoms. The fraction of sp³-hybridized carbons (Fsp3) is 0.176. The average molecular weight is 279 g/mol. The lowest BCUT2D eigenvalue weighted by Crippen LogP contribution is -2.12. The molecule has 0 unspecified atom stereocenters. The summed E-state index contributed by atoms with van der Waals surface area (Å²) in [6.07, 6.45) is 1.56. The van der Waals surface area contributed by atoms with E-state index in [4.69, 9.17) is 5.73 Å². The van der Waals surface area contributed by atoms with E-state index in [-0.39, 0.29) is 5.91 Å². The number of benzene rings is 1. The highest BCUT2D eigenvalue weighted by Crippen LogP contribution is 2.15. The molecule has 0 aliphatic carbocycles. The normalized spacial score (nSPS) is 9.67. The van der Waals surface area contributed by atoms with Crippen molar-refractivity contribution < 1.29 is 4.79 Å². The number of carbonyl (C=O) groups is 1. The Labute approximate surface area is 124 Å². The number of anilines is 1. The van der Waals surface area contributed by atoms with Crippen molar-refractivity contribution in [1.29, 1.82) is 0 Å². The number of carbonyl (C=O) groups excluding carboxylic acids is 1. The molecule has 2 rings (SSSR count). The van der Waals surface area contributed by atoms with Crippen molar-refractivity contribution >= 4 is 11.6 Å². The highest BCUT2D eigenvalue weighted by molar-refractivity contribution is 6.04. The molecule has 1 heterocycles. The quantitative estimate of drug-likeness (QED) is 0.829. The van der Waals surface area contributed by atoms with Crippen LogP contribution in [-0.4, -0.2) is 17.4 Å². The van der Waals surface area contributed by atoms with E-state index < -0.39 is 0 Å². The van der Waals surface area contributed by atoms with Crippen molar-refractivity contribution in [2.24, 2.45) is 5.73 Å². The summed E-state index contributed by atoms with van der Waals surface area (Å²) in [4.78, 5) is 16.2. The molecule has 0 bridgehead atoms. The standard InChI is InChI=1S/C17H17N3O/c1-12-5-8-16(10-14(12)4-3-9-18)20-17(21)15-7-6-13(2)19-11-15/h5-8,10-11H,9,18H2,1-2H3,(H,20,21). The van der Waals surface area contributed by atoms with E-state index in [1.165, 1.54) is 0 Å². The highest BCUT2D eigenvalue weighted by atomic mass is 16.1. The molecule has 3 N–H and O–H groups in total. The Morgan fingerprint density at radius 1 is 1.29 bits per heavy atom. The highest BCUT2D eigenvalue weighted by Gasteiger charge is 2.07. The van der Waals surface area contributed by atoms with Gasteiger partial charge in [-0.1, -0.05) is 17.9 Å². The maximum atomic E-state index is 12.1. The molecule has 0 fully saturated rings. The van der Waals surface area contributed by atoms with Gasteiger partial charge < -0.3 is 11.1 Å². The van der Waals surface area contributed by atoms with Crippen LogP contribution in [0.3, 0.4) is 0 Å². The van der Waals surface area contributed by atoms with E-state index in [1.54, 1.807) is 12.3 Å². The van der Waals surface area contributed by atoms with Crippen molar-refractivity contribution in [2.75, 3.05) is 11.9 Å². The number of amides is 1. The topological polar surface area (TPSA) is 68.0 Å². The van der Waals surface area contributed by atoms with Crippen LogP contribution in [0.4, 0.5) is 5.69 Å². The molecular formula is C17H17N3O. The predicted octanol–water partition coefficient (Wildman–Crippen LogP) is 2.26. The Morgan fingerprint density at radius 2 is 2.10 bits per heavy atom. The third-order valence-electron chi connectivity index (χ3n) is 2.99. The number of pyridine rings is 1. The summed E-state index contributed by atoms with van der Waals surface area (Å²) in [6.45, 7) is 4.16. The molecule has 0 aliphatic rings. The summed E-state index contributed by atoms with van der Waals surface area (Å²) in [5.41, 5.74) is 9.39. The molecule has 0 aliphatic heterocycles. The Balaban J connectivity index is 2.19. The lowest BCUT2D eigenvalue weighted by atomic mass is 10.1. The number of hydrogen-bond donors (Lipinski definition) is 2. The Kier molecular flexibility index (Phi) is 4.70. The molecule has 0 saturated carbocycles. The summed E-state index contributed by atoms with van der Waals surface area (Å²) in [6, 6.07) is 9.17. The first-order valence-electron chi connectivity index (χ1n) is 6.64. The number of nitrogens with one attached hydrogen (secondary N) is 1. The number of hydrogen-bond acceptors (Lipinski definition) is 3. The van der Waals surface area contributed by atoms with Crippen molar-refractivity contribution in [2.45, 2.75) is 13.8 Å². The molecule has 0 atom stereocenters. The maximum Gasteiger partial charge on any atom is 0.257 e. The first kappa shape index (κ1) is 14.8. The van der Waals surface area contributed by atoms with E-state index in [0.29, 0.717) is 17.8 Å². The minimum Gasteiger partial charge on any atom is -0.322 e. The van der Waals surface area contributed by atoms with E-state index in [0.717, 1.165) is 16.8 Å². The van der Waals surface area contributed by atoms with Crippen molar-refractivity contribution in [3.05, 3.63) is 58.9 Å². The van der Waals surface area contributed by atoms with Gasteiger partial charge in [0, 0.05) is 23.1 Å². The summed E-state index contributed by atoms with van der Waals surface area (Å²) < 4.78 is 0. The zero-order valence-electron chi connectivity index (χ0n) is 12.1. The van der Waals surface area contributed by atoms with E-state index in [9.17, 15) is 4.79 Å². The number of aromatic nitrogens is 1. The molecular weight excluding hydrogens is 262 g/mol. The van der Waals surface area contributed by atoms with E-state index >= 15 is 0 Å². The van der Waals surface area contributed by atoms with Crippen LogP contribution < -0.4 is 11.1 Å². The second-order valence-corrected chi connectivity index (χ2v) is 4.68. The molecule has 0 radical (unpaired) electrons. The summed E-state index contributed by atoms with van der Waals surface area (Å²) in [7, 11) is 0. The van der Waals surface area contributed by atoms with Gasteiger partial charge in [0.2, 0.25) is 0 Å². The average Bonchev–Trinajstić information content (AvgIpc) is 2.48. The van der Waals surface area contributed by atoms with Gasteiger partial charge in [0.1, 0.15) is 0 Å². The second-order valence-electron chi connectivity index (χ2n) is 4.68. The Hall–Kier alpha value is -2.64. The van der Waals surface area contributed by atoms with Crippen LogP contribution in [0.5, 0.6) is 0 Å². The largest absolute Gasteiger partial charge is 0.322 e. The lowest BCUT2D eigenvalue weighted by molar-refractivity contribution is 0.102. The number of nitrogens with two attached hydrogens (primary N) is 1. The minimum atomic E-state index is -0.191. The van der Waals surface area contributed by atoms with Gasteiger partial charge in [-0.15, -0.1) is 0 Å². The van der Waals surface area contributed by atoms with Crippen LogP contribution in [0.25, 0.3) is 0 Å². The first-order valence-corrected chi connectivity index (χ1v) is 6.64. The van der Waals surface area contributed by atoms with Gasteiger partial charge in [-0.25, -0.2) is 0 Å². The van der Waals surface area contributed by atoms with Crippen LogP contribution in [0, 0.1) is 25.7 Å². The van der Waals surface area contributed by atoms with Crippen molar-refractivity contribution in [3.8, 4) is 11.8 Å². The monoisotopic (exact) mass is 279 g/mol. The van der Waals surface area contributed by atoms with Crippen LogP contribution in [0.2, 0.25) is 0 Å². The SMILES string of the molecule is Cc1ccc(C(=O)Nc2ccc(C)c(C#CCN)c2)cn1. The fourth-order valence-corrected chi connectivity index (χ4v) is 1.79. The van der Waals surface area contributed by atoms with E-state index in [2.05, 4.69) is 22.1 Å². The van der Waals surface area contributed by atoms with Gasteiger partial charge in [-0.3, -0.25) is 9.78 Å². The lowest BCUT2D eigenvalue weighted by Gasteiger charge is -2.07. The van der Waals surface area contributed by atoms with Crippen LogP contribution in [0.15, 0.2) is 36.5 Å². The predicted molar refractivity (Wildman–Crippen MR) is 84.0 cm³/mol. The third-order valence-corrected chi connectivity index (χ3v) is 2.99. The summed E-state index contributed by atoms with van der Waals surface area (Å²) in [5, 5.41) is 2.84. The van der Waals surface area contributed by atoms with Crippen LogP contribution >= 0.6 is 0 Å². The molecule has 1 aromatic heterocycles. The zero-order chi connectivity index (χ0) is 15.2. The van der Waals surface area contributed by atoms with Gasteiger partial charge in [0.25, 0.3) is 5.91 Å². The van der Waals surface area contributed by atoms with Gasteiger partial charge in [-0.2, -0.15) is 0 Å². The molecule has 1 amide bonds. The Morgan fingerprint density at radius 3 is 2.76 bits per heavy atom. The molecule has 21 heavy (non-hydrogen) atoms. The van der Waals surface area contributed by atoms with Gasteiger partial charge in [0.15, 0.2) is 0 Å². The number of nitrogens with zero attached hydrogens (tertiary/aromatic N) is 1. The van der Waals surface area contributed by atoms with Gasteiger partial charge >= 0.3 is 0 Å². The number of rotatable bonds is 2. The smallest absolute Gasteiger partial charge is 0.257 e. The summed E-state index contributed by atoms with van der Waals surface area (Å²) in [5.74, 6) is 5.62. The van der Waals surface area contributed by atoms with Crippen molar-refractivity contribution in [3.63, 3.8) is 0 Å². The fourth-order valence-electron chi connectivity index (χ4n) is 1.79. The first-order chi connectivity index (χ1) is 10.1. The summed E-state index contributed by atoms with van der Waals surface area (Å²) >= 11 is 0. The van der Waals surface area contributed by atoms with Crippen LogP contribution in [0.1, 0.15) is 27.2 Å². The Bertz CT molecular complexity index is 709. The van der Waals surface area contributed by atoms with Crippen molar-refractivity contribution in [1.82, 2.24) is 4.98 Å². The van der Waals surface area contributed by atoms with Gasteiger partial charge in [-0.05, 0) is 43.7 Å². The van der Waals surface area contributed by atoms with Crippen LogP contribution in [-0.2, 0) is 0 Å². The number of aryl methyl sites for hydroxylation is 2. The van der Waals surface area contributed by atoms with E-state index in [1.807, 2.05) is 38.1 Å². The zero-order valence-corrected chi connectivity index (χ0v) is 12.1. The molecule has 106 valence electrons. The second kappa shape index (κ2) is 6.69. The molecule has 1 aromatic carbocycles. The molecule has 2 aromatic rings. The molecule has 0 spiro atoms. The maximum absolute atomic E-state index is 12.1. The molecule has 4 nitrogen and oxygen atoms in total. The third kappa shape index (κ3) is 3.91.